The summed E-state index contributed by atoms with van der Waals surface area (Å²) in [6, 6.07) is 9.40. The van der Waals surface area contributed by atoms with Gasteiger partial charge in [-0.25, -0.2) is 9.18 Å². The van der Waals surface area contributed by atoms with E-state index in [0.717, 1.165) is 16.1 Å². The lowest BCUT2D eigenvalue weighted by atomic mass is 10.1. The molecule has 0 unspecified atom stereocenters. The Labute approximate surface area is 129 Å². The number of benzene rings is 2. The van der Waals surface area contributed by atoms with Crippen LogP contribution >= 0.6 is 15.9 Å². The quantitative estimate of drug-likeness (QED) is 0.806. The van der Waals surface area contributed by atoms with Gasteiger partial charge in [0, 0.05) is 16.1 Å². The SMILES string of the molecule is Cc1cc(Oc2ccc(F)cc2/C=C/C(=O)O)ccc1Br. The molecule has 0 saturated heterocycles. The average molecular weight is 351 g/mol. The van der Waals surface area contributed by atoms with Crippen molar-refractivity contribution in [1.82, 2.24) is 0 Å². The summed E-state index contributed by atoms with van der Waals surface area (Å²) in [4.78, 5) is 10.6. The molecule has 5 heteroatoms. The number of hydrogen-bond acceptors (Lipinski definition) is 2. The summed E-state index contributed by atoms with van der Waals surface area (Å²) < 4.78 is 19.9. The Balaban J connectivity index is 2.34. The maximum atomic E-state index is 13.3. The topological polar surface area (TPSA) is 46.5 Å². The number of aryl methyl sites for hydroxylation is 1. The molecule has 0 amide bonds. The first-order valence-electron chi connectivity index (χ1n) is 6.10. The van der Waals surface area contributed by atoms with Crippen molar-refractivity contribution in [2.75, 3.05) is 0 Å². The van der Waals surface area contributed by atoms with Crippen LogP contribution < -0.4 is 4.74 Å². The molecule has 2 aromatic rings. The highest BCUT2D eigenvalue weighted by Gasteiger charge is 2.06. The van der Waals surface area contributed by atoms with Gasteiger partial charge in [0.2, 0.25) is 0 Å². The van der Waals surface area contributed by atoms with Gasteiger partial charge in [-0.05, 0) is 55.0 Å². The predicted molar refractivity (Wildman–Crippen MR) is 82.0 cm³/mol. The van der Waals surface area contributed by atoms with Crippen molar-refractivity contribution in [1.29, 1.82) is 0 Å². The third-order valence-corrected chi connectivity index (χ3v) is 3.62. The molecule has 1 N–H and O–H groups in total. The summed E-state index contributed by atoms with van der Waals surface area (Å²) >= 11 is 3.40. The Hall–Kier alpha value is -2.14. The molecule has 0 fully saturated rings. The number of rotatable bonds is 4. The molecule has 0 aliphatic carbocycles. The van der Waals surface area contributed by atoms with Crippen LogP contribution in [-0.2, 0) is 4.79 Å². The van der Waals surface area contributed by atoms with E-state index in [4.69, 9.17) is 9.84 Å². The smallest absolute Gasteiger partial charge is 0.328 e. The fourth-order valence-corrected chi connectivity index (χ4v) is 1.96. The van der Waals surface area contributed by atoms with E-state index < -0.39 is 11.8 Å². The molecule has 0 bridgehead atoms. The molecule has 108 valence electrons. The number of carbonyl (C=O) groups is 1. The zero-order valence-corrected chi connectivity index (χ0v) is 12.7. The summed E-state index contributed by atoms with van der Waals surface area (Å²) in [6.45, 7) is 1.92. The number of aliphatic carboxylic acids is 1. The van der Waals surface area contributed by atoms with E-state index in [1.54, 1.807) is 6.07 Å². The Morgan fingerprint density at radius 2 is 2.05 bits per heavy atom. The van der Waals surface area contributed by atoms with Crippen LogP contribution in [0.3, 0.4) is 0 Å². The van der Waals surface area contributed by atoms with Crippen LogP contribution in [0.5, 0.6) is 11.5 Å². The summed E-state index contributed by atoms with van der Waals surface area (Å²) in [5, 5.41) is 8.67. The molecule has 0 aliphatic heterocycles. The van der Waals surface area contributed by atoms with Crippen LogP contribution in [0, 0.1) is 12.7 Å². The molecule has 0 radical (unpaired) electrons. The molecule has 3 nitrogen and oxygen atoms in total. The lowest BCUT2D eigenvalue weighted by Gasteiger charge is -2.10. The van der Waals surface area contributed by atoms with Gasteiger partial charge in [-0.15, -0.1) is 0 Å². The molecule has 0 atom stereocenters. The molecule has 0 aliphatic rings. The second-order valence-electron chi connectivity index (χ2n) is 4.37. The van der Waals surface area contributed by atoms with Crippen molar-refractivity contribution < 1.29 is 19.0 Å². The van der Waals surface area contributed by atoms with Crippen molar-refractivity contribution in [2.24, 2.45) is 0 Å². The number of halogens is 2. The minimum absolute atomic E-state index is 0.359. The first kappa shape index (κ1) is 15.3. The van der Waals surface area contributed by atoms with E-state index in [0.29, 0.717) is 17.1 Å². The van der Waals surface area contributed by atoms with E-state index in [2.05, 4.69) is 15.9 Å². The van der Waals surface area contributed by atoms with Gasteiger partial charge < -0.3 is 9.84 Å². The normalized spacial score (nSPS) is 10.8. The lowest BCUT2D eigenvalue weighted by molar-refractivity contribution is -0.131. The van der Waals surface area contributed by atoms with Gasteiger partial charge in [-0.3, -0.25) is 0 Å². The molecular weight excluding hydrogens is 339 g/mol. The zero-order chi connectivity index (χ0) is 15.4. The summed E-state index contributed by atoms with van der Waals surface area (Å²) in [7, 11) is 0. The van der Waals surface area contributed by atoms with Crippen molar-refractivity contribution in [2.45, 2.75) is 6.92 Å². The number of ether oxygens (including phenoxy) is 1. The molecule has 2 rings (SSSR count). The van der Waals surface area contributed by atoms with Crippen LogP contribution in [0.15, 0.2) is 46.9 Å². The van der Waals surface area contributed by atoms with Crippen LogP contribution in [-0.4, -0.2) is 11.1 Å². The van der Waals surface area contributed by atoms with E-state index in [-0.39, 0.29) is 0 Å². The standard InChI is InChI=1S/C16H12BrFO3/c1-10-8-13(4-5-14(10)17)21-15-6-3-12(18)9-11(15)2-7-16(19)20/h2-9H,1H3,(H,19,20)/b7-2+. The van der Waals surface area contributed by atoms with Gasteiger partial charge in [0.15, 0.2) is 0 Å². The first-order chi connectivity index (χ1) is 9.95. The van der Waals surface area contributed by atoms with E-state index in [1.807, 2.05) is 19.1 Å². The van der Waals surface area contributed by atoms with Gasteiger partial charge in [0.1, 0.15) is 17.3 Å². The van der Waals surface area contributed by atoms with E-state index in [1.165, 1.54) is 24.3 Å². The molecule has 0 aromatic heterocycles. The van der Waals surface area contributed by atoms with Crippen LogP contribution in [0.1, 0.15) is 11.1 Å². The third kappa shape index (κ3) is 4.16. The summed E-state index contributed by atoms with van der Waals surface area (Å²) in [5.74, 6) is -0.591. The van der Waals surface area contributed by atoms with Gasteiger partial charge in [0.25, 0.3) is 0 Å². The Morgan fingerprint density at radius 3 is 2.71 bits per heavy atom. The fourth-order valence-electron chi connectivity index (χ4n) is 1.71. The van der Waals surface area contributed by atoms with Crippen molar-refractivity contribution in [3.63, 3.8) is 0 Å². The third-order valence-electron chi connectivity index (χ3n) is 2.73. The van der Waals surface area contributed by atoms with Crippen molar-refractivity contribution in [3.05, 3.63) is 63.9 Å². The summed E-state index contributed by atoms with van der Waals surface area (Å²) in [6.07, 6.45) is 2.24. The molecule has 0 saturated carbocycles. The van der Waals surface area contributed by atoms with E-state index in [9.17, 15) is 9.18 Å². The molecule has 2 aromatic carbocycles. The average Bonchev–Trinajstić information content (AvgIpc) is 2.43. The van der Waals surface area contributed by atoms with E-state index >= 15 is 0 Å². The zero-order valence-electron chi connectivity index (χ0n) is 11.1. The number of hydrogen-bond donors (Lipinski definition) is 1. The Kier molecular flexibility index (Phi) is 4.75. The Bertz CT molecular complexity index is 711. The molecule has 0 heterocycles. The van der Waals surface area contributed by atoms with Crippen LogP contribution in [0.4, 0.5) is 4.39 Å². The second-order valence-corrected chi connectivity index (χ2v) is 5.22. The lowest BCUT2D eigenvalue weighted by Crippen LogP contribution is -1.91. The first-order valence-corrected chi connectivity index (χ1v) is 6.89. The second kappa shape index (κ2) is 6.54. The number of carboxylic acids is 1. The van der Waals surface area contributed by atoms with Gasteiger partial charge >= 0.3 is 5.97 Å². The van der Waals surface area contributed by atoms with Gasteiger partial charge in [-0.1, -0.05) is 15.9 Å². The van der Waals surface area contributed by atoms with Gasteiger partial charge in [0.05, 0.1) is 0 Å². The predicted octanol–water partition coefficient (Wildman–Crippen LogP) is 4.79. The summed E-state index contributed by atoms with van der Waals surface area (Å²) in [5.41, 5.74) is 1.36. The van der Waals surface area contributed by atoms with Gasteiger partial charge in [-0.2, -0.15) is 0 Å². The monoisotopic (exact) mass is 350 g/mol. The maximum absolute atomic E-state index is 13.3. The van der Waals surface area contributed by atoms with Crippen LogP contribution in [0.2, 0.25) is 0 Å². The van der Waals surface area contributed by atoms with Crippen molar-refractivity contribution in [3.8, 4) is 11.5 Å². The molecular formula is C16H12BrFO3. The minimum atomic E-state index is -1.11. The minimum Gasteiger partial charge on any atom is -0.478 e. The fraction of sp³-hybridized carbons (Fsp3) is 0.0625. The van der Waals surface area contributed by atoms with Crippen LogP contribution in [0.25, 0.3) is 6.08 Å². The highest BCUT2D eigenvalue weighted by atomic mass is 79.9. The maximum Gasteiger partial charge on any atom is 0.328 e. The molecule has 0 spiro atoms. The van der Waals surface area contributed by atoms with Crippen molar-refractivity contribution >= 4 is 28.0 Å². The Morgan fingerprint density at radius 1 is 1.29 bits per heavy atom. The largest absolute Gasteiger partial charge is 0.478 e. The highest BCUT2D eigenvalue weighted by molar-refractivity contribution is 9.10. The molecule has 21 heavy (non-hydrogen) atoms. The highest BCUT2D eigenvalue weighted by Crippen LogP contribution is 2.29. The number of carboxylic acid groups (broad SMARTS) is 1.